The third kappa shape index (κ3) is 4.82. The Morgan fingerprint density at radius 1 is 1.12 bits per heavy atom. The number of benzene rings is 1. The zero-order valence-corrected chi connectivity index (χ0v) is 19.6. The number of morpholine rings is 1. The SMILES string of the molecule is C[S+](=O)([O-])N1CCC(Cn2ccc3c(N4CCOCC4)nc(-c4ccc(F)cc4)cc32)CC1. The quantitative estimate of drug-likeness (QED) is 0.531. The summed E-state index contributed by atoms with van der Waals surface area (Å²) in [5, 5.41) is 1.09. The van der Waals surface area contributed by atoms with Gasteiger partial charge in [-0.15, -0.1) is 4.31 Å². The summed E-state index contributed by atoms with van der Waals surface area (Å²) >= 11 is 0. The van der Waals surface area contributed by atoms with E-state index in [1.165, 1.54) is 18.4 Å². The van der Waals surface area contributed by atoms with E-state index in [1.807, 2.05) is 0 Å². The average molecular weight is 473 g/mol. The largest absolute Gasteiger partial charge is 0.598 e. The predicted molar refractivity (Wildman–Crippen MR) is 127 cm³/mol. The van der Waals surface area contributed by atoms with Crippen LogP contribution in [0.1, 0.15) is 12.8 Å². The van der Waals surface area contributed by atoms with Gasteiger partial charge in [-0.3, -0.25) is 0 Å². The van der Waals surface area contributed by atoms with Crippen LogP contribution in [0.15, 0.2) is 42.6 Å². The molecule has 1 atom stereocenters. The van der Waals surface area contributed by atoms with Crippen molar-refractivity contribution in [3.05, 3.63) is 48.4 Å². The first-order valence-electron chi connectivity index (χ1n) is 11.4. The van der Waals surface area contributed by atoms with Gasteiger partial charge in [-0.05, 0) is 55.2 Å². The van der Waals surface area contributed by atoms with Crippen LogP contribution in [0.25, 0.3) is 22.2 Å². The predicted octanol–water partition coefficient (Wildman–Crippen LogP) is 3.57. The number of halogens is 1. The summed E-state index contributed by atoms with van der Waals surface area (Å²) in [6.45, 7) is 4.88. The number of sulfonamides is 1. The van der Waals surface area contributed by atoms with E-state index < -0.39 is 10.4 Å². The standard InChI is InChI=1S/C24H29FN4O3S/c1-33(30,31)29-10-6-18(7-11-29)17-28-9-8-21-23(28)16-22(19-2-4-20(25)5-3-19)26-24(21)27-12-14-32-15-13-27/h2-5,8-9,16,18H,6-7,10-15,17H2,1H3. The molecule has 4 heterocycles. The lowest BCUT2D eigenvalue weighted by Gasteiger charge is -2.32. The maximum atomic E-state index is 13.5. The number of aromatic nitrogens is 2. The van der Waals surface area contributed by atoms with Gasteiger partial charge in [-0.25, -0.2) is 9.37 Å². The molecular weight excluding hydrogens is 443 g/mol. The zero-order chi connectivity index (χ0) is 23.0. The molecule has 3 aromatic rings. The van der Waals surface area contributed by atoms with E-state index in [4.69, 9.17) is 9.72 Å². The Hall–Kier alpha value is -2.33. The van der Waals surface area contributed by atoms with E-state index >= 15 is 0 Å². The molecule has 2 aromatic heterocycles. The van der Waals surface area contributed by atoms with Gasteiger partial charge in [0, 0.05) is 49.9 Å². The lowest BCUT2D eigenvalue weighted by atomic mass is 9.98. The second-order valence-electron chi connectivity index (χ2n) is 8.94. The minimum Gasteiger partial charge on any atom is -0.598 e. The Morgan fingerprint density at radius 2 is 1.82 bits per heavy atom. The summed E-state index contributed by atoms with van der Waals surface area (Å²) in [6, 6.07) is 10.7. The van der Waals surface area contributed by atoms with E-state index in [-0.39, 0.29) is 5.82 Å². The molecule has 7 nitrogen and oxygen atoms in total. The van der Waals surface area contributed by atoms with Crippen molar-refractivity contribution in [2.24, 2.45) is 5.92 Å². The summed E-state index contributed by atoms with van der Waals surface area (Å²) in [7, 11) is -3.13. The van der Waals surface area contributed by atoms with Crippen LogP contribution in [-0.2, 0) is 25.9 Å². The first kappa shape index (κ1) is 22.5. The van der Waals surface area contributed by atoms with Crippen LogP contribution < -0.4 is 4.90 Å². The highest BCUT2D eigenvalue weighted by atomic mass is 32.3. The highest BCUT2D eigenvalue weighted by molar-refractivity contribution is 7.94. The minimum absolute atomic E-state index is 0.267. The molecule has 1 aromatic carbocycles. The topological polar surface area (TPSA) is 73.7 Å². The monoisotopic (exact) mass is 472 g/mol. The molecule has 0 bridgehead atoms. The van der Waals surface area contributed by atoms with E-state index in [1.54, 1.807) is 16.4 Å². The molecule has 2 fully saturated rings. The zero-order valence-electron chi connectivity index (χ0n) is 18.8. The number of hydrogen-bond acceptors (Lipinski definition) is 5. The number of anilines is 1. The third-order valence-corrected chi connectivity index (χ3v) is 8.00. The first-order chi connectivity index (χ1) is 15.9. The first-order valence-corrected chi connectivity index (χ1v) is 13.3. The van der Waals surface area contributed by atoms with Crippen molar-refractivity contribution in [3.63, 3.8) is 0 Å². The van der Waals surface area contributed by atoms with Crippen LogP contribution in [0.5, 0.6) is 0 Å². The number of nitrogens with zero attached hydrogens (tertiary/aromatic N) is 4. The van der Waals surface area contributed by atoms with Gasteiger partial charge >= 0.3 is 0 Å². The second kappa shape index (κ2) is 9.13. The van der Waals surface area contributed by atoms with Crippen LogP contribution in [0.2, 0.25) is 0 Å². The van der Waals surface area contributed by atoms with Gasteiger partial charge in [0.15, 0.2) is 0 Å². The molecule has 0 amide bonds. The summed E-state index contributed by atoms with van der Waals surface area (Å²) in [6.07, 6.45) is 5.08. The molecule has 1 unspecified atom stereocenters. The molecule has 2 saturated heterocycles. The highest BCUT2D eigenvalue weighted by Gasteiger charge is 2.29. The molecule has 0 N–H and O–H groups in total. The fourth-order valence-electron chi connectivity index (χ4n) is 4.82. The average Bonchev–Trinajstić information content (AvgIpc) is 3.22. The Balaban J connectivity index is 1.48. The molecule has 2 aliphatic heterocycles. The maximum absolute atomic E-state index is 13.5. The molecule has 2 aliphatic rings. The van der Waals surface area contributed by atoms with E-state index in [2.05, 4.69) is 27.8 Å². The van der Waals surface area contributed by atoms with Crippen molar-refractivity contribution in [1.82, 2.24) is 13.9 Å². The minimum atomic E-state index is -3.13. The van der Waals surface area contributed by atoms with E-state index in [0.717, 1.165) is 60.5 Å². The Morgan fingerprint density at radius 3 is 2.48 bits per heavy atom. The second-order valence-corrected chi connectivity index (χ2v) is 10.9. The van der Waals surface area contributed by atoms with Crippen molar-refractivity contribution in [2.45, 2.75) is 19.4 Å². The maximum Gasteiger partial charge on any atom is 0.138 e. The number of hydrogen-bond donors (Lipinski definition) is 0. The van der Waals surface area contributed by atoms with Crippen molar-refractivity contribution in [1.29, 1.82) is 0 Å². The number of ether oxygens (including phenoxy) is 1. The smallest absolute Gasteiger partial charge is 0.138 e. The summed E-state index contributed by atoms with van der Waals surface area (Å²) < 4.78 is 46.6. The van der Waals surface area contributed by atoms with Gasteiger partial charge in [0.1, 0.15) is 28.3 Å². The molecule has 176 valence electrons. The Labute approximate surface area is 194 Å². The fraction of sp³-hybridized carbons (Fsp3) is 0.458. The third-order valence-electron chi connectivity index (χ3n) is 6.70. The summed E-state index contributed by atoms with van der Waals surface area (Å²) in [5.41, 5.74) is 2.79. The van der Waals surface area contributed by atoms with Gasteiger partial charge in [0.05, 0.1) is 24.4 Å². The van der Waals surface area contributed by atoms with Gasteiger partial charge < -0.3 is 18.8 Å². The number of piperidine rings is 1. The number of pyridine rings is 1. The van der Waals surface area contributed by atoms with Crippen LogP contribution in [0.4, 0.5) is 10.2 Å². The van der Waals surface area contributed by atoms with E-state index in [0.29, 0.717) is 32.2 Å². The van der Waals surface area contributed by atoms with Crippen LogP contribution in [0, 0.1) is 11.7 Å². The molecular formula is C24H29FN4O3S. The number of rotatable bonds is 5. The van der Waals surface area contributed by atoms with Crippen molar-refractivity contribution >= 4 is 27.1 Å². The fourth-order valence-corrected chi connectivity index (χ4v) is 5.69. The van der Waals surface area contributed by atoms with E-state index in [9.17, 15) is 13.2 Å². The molecule has 0 aliphatic carbocycles. The van der Waals surface area contributed by atoms with Crippen molar-refractivity contribution < 1.29 is 17.9 Å². The lowest BCUT2D eigenvalue weighted by molar-refractivity contribution is 0.122. The molecule has 0 radical (unpaired) electrons. The Kier molecular flexibility index (Phi) is 6.22. The molecule has 0 saturated carbocycles. The molecule has 5 rings (SSSR count). The number of fused-ring (bicyclic) bond motifs is 1. The van der Waals surface area contributed by atoms with Gasteiger partial charge in [0.25, 0.3) is 0 Å². The van der Waals surface area contributed by atoms with Crippen molar-refractivity contribution in [3.8, 4) is 11.3 Å². The van der Waals surface area contributed by atoms with Crippen molar-refractivity contribution in [2.75, 3.05) is 50.5 Å². The lowest BCUT2D eigenvalue weighted by Crippen LogP contribution is -2.41. The molecule has 33 heavy (non-hydrogen) atoms. The van der Waals surface area contributed by atoms with Gasteiger partial charge in [0.2, 0.25) is 0 Å². The van der Waals surface area contributed by atoms with Crippen LogP contribution in [0.3, 0.4) is 0 Å². The summed E-state index contributed by atoms with van der Waals surface area (Å²) in [5.74, 6) is 1.07. The highest BCUT2D eigenvalue weighted by Crippen LogP contribution is 2.33. The van der Waals surface area contributed by atoms with Crippen LogP contribution in [-0.4, -0.2) is 64.1 Å². The van der Waals surface area contributed by atoms with Gasteiger partial charge in [-0.2, -0.15) is 0 Å². The van der Waals surface area contributed by atoms with Gasteiger partial charge in [-0.1, -0.05) is 4.21 Å². The Bertz CT molecular complexity index is 1160. The summed E-state index contributed by atoms with van der Waals surface area (Å²) in [4.78, 5) is 7.24. The normalized spacial score (nSPS) is 20.3. The molecule has 0 spiro atoms. The molecule has 9 heteroatoms. The van der Waals surface area contributed by atoms with Crippen LogP contribution >= 0.6 is 0 Å².